The lowest BCUT2D eigenvalue weighted by atomic mass is 9.92. The van der Waals surface area contributed by atoms with Gasteiger partial charge in [0.05, 0.1) is 0 Å². The van der Waals surface area contributed by atoms with Crippen LogP contribution >= 0.6 is 0 Å². The topological polar surface area (TPSA) is 144 Å². The number of hydrogen-bond donors (Lipinski definition) is 2. The molecule has 0 saturated heterocycles. The minimum Gasteiger partial charge on any atom is -0.352 e. The fraction of sp³-hybridized carbons (Fsp3) is 0.345. The Morgan fingerprint density at radius 3 is 1.26 bits per heavy atom. The molecule has 2 saturated carbocycles. The molecule has 0 aliphatic heterocycles. The van der Waals surface area contributed by atoms with Gasteiger partial charge in [-0.15, -0.1) is 0 Å². The molecule has 2 aromatic carbocycles. The molecule has 2 atom stereocenters. The standard InChI is InChI=1S/C29H24N2O7/c32-23(13-7-9-17-19(11-13)26(35)21(24(17)33)28(37)30-15-3-1-4-15)14-8-10-18-20(12-14)27(36)22(25(18)34)29(38)31-16-5-2-6-16/h7-12,15-16,21-22H,1-6H2,(H,30,37)(H,31,38). The van der Waals surface area contributed by atoms with E-state index < -0.39 is 52.6 Å². The van der Waals surface area contributed by atoms with Crippen molar-refractivity contribution in [1.82, 2.24) is 10.6 Å². The van der Waals surface area contributed by atoms with Gasteiger partial charge >= 0.3 is 0 Å². The number of Topliss-reactive ketones (excluding diaryl/α,β-unsaturated/α-hetero) is 4. The largest absolute Gasteiger partial charge is 0.352 e. The summed E-state index contributed by atoms with van der Waals surface area (Å²) in [5.41, 5.74) is 0.400. The molecule has 192 valence electrons. The number of rotatable bonds is 6. The van der Waals surface area contributed by atoms with Crippen LogP contribution in [0.5, 0.6) is 0 Å². The van der Waals surface area contributed by atoms with Crippen molar-refractivity contribution in [3.05, 3.63) is 69.8 Å². The first-order chi connectivity index (χ1) is 18.2. The Morgan fingerprint density at radius 2 is 0.921 bits per heavy atom. The molecule has 0 spiro atoms. The average molecular weight is 513 g/mol. The maximum Gasteiger partial charge on any atom is 0.239 e. The third-order valence-electron chi connectivity index (χ3n) is 8.10. The number of ketones is 5. The lowest BCUT2D eigenvalue weighted by Crippen LogP contribution is -2.45. The van der Waals surface area contributed by atoms with Crippen molar-refractivity contribution in [2.45, 2.75) is 50.6 Å². The molecule has 4 aliphatic carbocycles. The van der Waals surface area contributed by atoms with Gasteiger partial charge in [-0.1, -0.05) is 12.1 Å². The zero-order chi connectivity index (χ0) is 26.7. The summed E-state index contributed by atoms with van der Waals surface area (Å²) < 4.78 is 0. The van der Waals surface area contributed by atoms with Crippen molar-refractivity contribution in [2.24, 2.45) is 11.8 Å². The Morgan fingerprint density at radius 1 is 0.553 bits per heavy atom. The molecule has 0 heterocycles. The van der Waals surface area contributed by atoms with Crippen molar-refractivity contribution in [3.63, 3.8) is 0 Å². The average Bonchev–Trinajstić information content (AvgIpc) is 3.26. The van der Waals surface area contributed by atoms with Gasteiger partial charge in [0.1, 0.15) is 0 Å². The number of hydrogen-bond acceptors (Lipinski definition) is 7. The predicted molar refractivity (Wildman–Crippen MR) is 132 cm³/mol. The zero-order valence-corrected chi connectivity index (χ0v) is 20.4. The molecule has 9 heteroatoms. The summed E-state index contributed by atoms with van der Waals surface area (Å²) in [7, 11) is 0. The number of carbonyl (C=O) groups excluding carboxylic acids is 7. The zero-order valence-electron chi connectivity index (χ0n) is 20.4. The molecule has 0 aromatic heterocycles. The van der Waals surface area contributed by atoms with Gasteiger partial charge in [0.15, 0.2) is 40.8 Å². The molecule has 2 unspecified atom stereocenters. The molecule has 38 heavy (non-hydrogen) atoms. The fourth-order valence-corrected chi connectivity index (χ4v) is 5.39. The maximum absolute atomic E-state index is 13.3. The number of benzene rings is 2. The van der Waals surface area contributed by atoms with E-state index in [1.165, 1.54) is 36.4 Å². The summed E-state index contributed by atoms with van der Waals surface area (Å²) in [6.07, 6.45) is 5.22. The Hall–Kier alpha value is -4.27. The Kier molecular flexibility index (Phi) is 5.66. The van der Waals surface area contributed by atoms with Crippen LogP contribution in [-0.4, -0.2) is 52.8 Å². The van der Waals surface area contributed by atoms with Crippen molar-refractivity contribution in [3.8, 4) is 0 Å². The maximum atomic E-state index is 13.3. The summed E-state index contributed by atoms with van der Waals surface area (Å²) in [6.45, 7) is 0. The van der Waals surface area contributed by atoms with Crippen LogP contribution in [0, 0.1) is 11.8 Å². The van der Waals surface area contributed by atoms with E-state index in [0.29, 0.717) is 0 Å². The highest BCUT2D eigenvalue weighted by molar-refractivity contribution is 6.36. The van der Waals surface area contributed by atoms with Crippen LogP contribution in [0.1, 0.15) is 95.9 Å². The van der Waals surface area contributed by atoms with Crippen molar-refractivity contribution in [1.29, 1.82) is 0 Å². The van der Waals surface area contributed by atoms with E-state index in [-0.39, 0.29) is 45.5 Å². The highest BCUT2D eigenvalue weighted by atomic mass is 16.2. The van der Waals surface area contributed by atoms with E-state index in [2.05, 4.69) is 10.6 Å². The first kappa shape index (κ1) is 24.1. The fourth-order valence-electron chi connectivity index (χ4n) is 5.39. The lowest BCUT2D eigenvalue weighted by Gasteiger charge is -2.27. The predicted octanol–water partition coefficient (Wildman–Crippen LogP) is 2.25. The van der Waals surface area contributed by atoms with Crippen LogP contribution in [-0.2, 0) is 9.59 Å². The summed E-state index contributed by atoms with van der Waals surface area (Å²) in [5.74, 6) is -7.15. The van der Waals surface area contributed by atoms with Crippen molar-refractivity contribution in [2.75, 3.05) is 0 Å². The van der Waals surface area contributed by atoms with E-state index in [9.17, 15) is 33.6 Å². The molecular weight excluding hydrogens is 488 g/mol. The van der Waals surface area contributed by atoms with Gasteiger partial charge in [-0.25, -0.2) is 0 Å². The molecular formula is C29H24N2O7. The van der Waals surface area contributed by atoms with Crippen LogP contribution in [0.4, 0.5) is 0 Å². The first-order valence-electron chi connectivity index (χ1n) is 12.8. The third kappa shape index (κ3) is 3.72. The molecule has 0 radical (unpaired) electrons. The van der Waals surface area contributed by atoms with E-state index in [4.69, 9.17) is 0 Å². The number of nitrogens with one attached hydrogen (secondary N) is 2. The van der Waals surface area contributed by atoms with Gasteiger partial charge in [-0.3, -0.25) is 33.6 Å². The SMILES string of the molecule is O=C(c1ccc2c(c1)C(=O)C(C(=O)NC1CCC1)C2=O)c1ccc2c(c1)C(=O)C(C(=O)NC1CCC1)C2=O. The minimum absolute atomic E-state index is 0.00903. The van der Waals surface area contributed by atoms with E-state index in [0.717, 1.165) is 38.5 Å². The summed E-state index contributed by atoms with van der Waals surface area (Å²) in [5, 5.41) is 5.48. The van der Waals surface area contributed by atoms with Crippen LogP contribution in [0.2, 0.25) is 0 Å². The van der Waals surface area contributed by atoms with Gasteiger partial charge in [0.2, 0.25) is 11.8 Å². The molecule has 2 fully saturated rings. The second-order valence-corrected chi connectivity index (χ2v) is 10.4. The summed E-state index contributed by atoms with van der Waals surface area (Å²) in [6, 6.07) is 8.06. The molecule has 4 aliphatic rings. The molecule has 2 amide bonds. The first-order valence-corrected chi connectivity index (χ1v) is 12.8. The molecule has 2 N–H and O–H groups in total. The van der Waals surface area contributed by atoms with Crippen LogP contribution in [0.25, 0.3) is 0 Å². The van der Waals surface area contributed by atoms with Crippen molar-refractivity contribution >= 4 is 40.7 Å². The number of carbonyl (C=O) groups is 7. The van der Waals surface area contributed by atoms with Crippen LogP contribution < -0.4 is 10.6 Å². The quantitative estimate of drug-likeness (QED) is 0.446. The highest BCUT2D eigenvalue weighted by Crippen LogP contribution is 2.32. The Labute approximate surface area is 217 Å². The van der Waals surface area contributed by atoms with Crippen LogP contribution in [0.3, 0.4) is 0 Å². The smallest absolute Gasteiger partial charge is 0.239 e. The lowest BCUT2D eigenvalue weighted by molar-refractivity contribution is -0.124. The Balaban J connectivity index is 1.23. The molecule has 9 nitrogen and oxygen atoms in total. The monoisotopic (exact) mass is 512 g/mol. The third-order valence-corrected chi connectivity index (χ3v) is 8.10. The van der Waals surface area contributed by atoms with Crippen LogP contribution in [0.15, 0.2) is 36.4 Å². The summed E-state index contributed by atoms with van der Waals surface area (Å²) in [4.78, 5) is 90.0. The van der Waals surface area contributed by atoms with Gasteiger partial charge in [0.25, 0.3) is 0 Å². The second kappa shape index (κ2) is 8.93. The molecule has 6 rings (SSSR count). The molecule has 2 aromatic rings. The number of fused-ring (bicyclic) bond motifs is 2. The Bertz CT molecular complexity index is 1370. The molecule has 0 bridgehead atoms. The van der Waals surface area contributed by atoms with E-state index in [1.807, 2.05) is 0 Å². The van der Waals surface area contributed by atoms with Gasteiger partial charge in [0, 0.05) is 45.5 Å². The normalized spacial score (nSPS) is 22.4. The van der Waals surface area contributed by atoms with E-state index >= 15 is 0 Å². The van der Waals surface area contributed by atoms with Gasteiger partial charge < -0.3 is 10.6 Å². The minimum atomic E-state index is -1.46. The van der Waals surface area contributed by atoms with E-state index in [1.54, 1.807) is 0 Å². The second-order valence-electron chi connectivity index (χ2n) is 10.4. The number of amides is 2. The van der Waals surface area contributed by atoms with Gasteiger partial charge in [-0.05, 0) is 62.8 Å². The van der Waals surface area contributed by atoms with Gasteiger partial charge in [-0.2, -0.15) is 0 Å². The summed E-state index contributed by atoms with van der Waals surface area (Å²) >= 11 is 0. The van der Waals surface area contributed by atoms with Crippen molar-refractivity contribution < 1.29 is 33.6 Å². The highest BCUT2D eigenvalue weighted by Gasteiger charge is 2.46.